The molecule has 1 aliphatic heterocycles. The Morgan fingerprint density at radius 3 is 2.47 bits per heavy atom. The Labute approximate surface area is 194 Å². The molecule has 0 bridgehead atoms. The van der Waals surface area contributed by atoms with E-state index in [1.165, 1.54) is 6.33 Å². The summed E-state index contributed by atoms with van der Waals surface area (Å²) in [6.07, 6.45) is 2.49. The maximum Gasteiger partial charge on any atom is 0.338 e. The average Bonchev–Trinajstić information content (AvgIpc) is 3.47. The number of nitrogens with zero attached hydrogens (tertiary/aromatic N) is 4. The molecule has 0 unspecified atom stereocenters. The maximum absolute atomic E-state index is 12.5. The van der Waals surface area contributed by atoms with Crippen molar-refractivity contribution >= 4 is 28.9 Å². The van der Waals surface area contributed by atoms with Gasteiger partial charge in [-0.05, 0) is 24.3 Å². The Balaban J connectivity index is 1.29. The molecule has 1 aliphatic rings. The van der Waals surface area contributed by atoms with E-state index >= 15 is 0 Å². The number of carbonyl (C=O) groups excluding carboxylic acids is 2. The van der Waals surface area contributed by atoms with Gasteiger partial charge in [-0.1, -0.05) is 36.4 Å². The van der Waals surface area contributed by atoms with Crippen LogP contribution in [0.3, 0.4) is 0 Å². The summed E-state index contributed by atoms with van der Waals surface area (Å²) in [5.41, 5.74) is 8.17. The van der Waals surface area contributed by atoms with Gasteiger partial charge in [-0.3, -0.25) is 9.36 Å². The van der Waals surface area contributed by atoms with E-state index in [1.807, 2.05) is 12.1 Å². The lowest BCUT2D eigenvalue weighted by Crippen LogP contribution is -2.34. The summed E-state index contributed by atoms with van der Waals surface area (Å²) in [7, 11) is 0. The van der Waals surface area contributed by atoms with Crippen LogP contribution in [-0.4, -0.2) is 50.1 Å². The van der Waals surface area contributed by atoms with Gasteiger partial charge in [0.05, 0.1) is 11.9 Å². The molecule has 0 radical (unpaired) electrons. The first kappa shape index (κ1) is 21.7. The number of nitrogens with two attached hydrogens (primary N) is 1. The summed E-state index contributed by atoms with van der Waals surface area (Å²) >= 11 is 0. The molecule has 172 valence electrons. The van der Waals surface area contributed by atoms with Gasteiger partial charge in [-0.25, -0.2) is 19.7 Å². The normalized spacial score (nSPS) is 19.7. The second kappa shape index (κ2) is 9.38. The molecule has 3 N–H and O–H groups in total. The molecule has 4 aromatic rings. The number of carbonyl (C=O) groups is 2. The number of imidazole rings is 1. The summed E-state index contributed by atoms with van der Waals surface area (Å²) in [5, 5.41) is 2.78. The van der Waals surface area contributed by atoms with Crippen molar-refractivity contribution in [1.82, 2.24) is 19.5 Å². The molecular formula is C24H22N6O4. The number of fused-ring (bicyclic) bond motifs is 1. The van der Waals surface area contributed by atoms with E-state index < -0.39 is 18.3 Å². The van der Waals surface area contributed by atoms with Crippen molar-refractivity contribution in [3.63, 3.8) is 0 Å². The molecular weight excluding hydrogens is 436 g/mol. The van der Waals surface area contributed by atoms with Gasteiger partial charge in [0.1, 0.15) is 25.3 Å². The lowest BCUT2D eigenvalue weighted by atomic mass is 10.1. The number of esters is 1. The van der Waals surface area contributed by atoms with Gasteiger partial charge in [0.2, 0.25) is 0 Å². The van der Waals surface area contributed by atoms with Crippen molar-refractivity contribution in [2.45, 2.75) is 24.8 Å². The van der Waals surface area contributed by atoms with Crippen molar-refractivity contribution in [2.75, 3.05) is 11.9 Å². The molecule has 5 rings (SSSR count). The summed E-state index contributed by atoms with van der Waals surface area (Å²) < 4.78 is 13.2. The number of anilines is 1. The number of nitrogens with one attached hydrogen (secondary N) is 1. The van der Waals surface area contributed by atoms with Gasteiger partial charge in [-0.2, -0.15) is 0 Å². The van der Waals surface area contributed by atoms with E-state index in [2.05, 4.69) is 20.3 Å². The summed E-state index contributed by atoms with van der Waals surface area (Å²) in [5.74, 6) is -0.428. The fourth-order valence-electron chi connectivity index (χ4n) is 3.82. The smallest absolute Gasteiger partial charge is 0.338 e. The van der Waals surface area contributed by atoms with Crippen molar-refractivity contribution < 1.29 is 19.1 Å². The number of aromatic nitrogens is 4. The van der Waals surface area contributed by atoms with E-state index in [1.54, 1.807) is 59.4 Å². The van der Waals surface area contributed by atoms with E-state index in [0.717, 1.165) is 0 Å². The van der Waals surface area contributed by atoms with Crippen LogP contribution in [0.5, 0.6) is 0 Å². The molecule has 0 spiro atoms. The van der Waals surface area contributed by atoms with Crippen LogP contribution in [-0.2, 0) is 9.47 Å². The number of hydrogen-bond donors (Lipinski definition) is 2. The molecule has 2 aromatic carbocycles. The standard InChI is InChI=1S/C24H22N6O4/c25-17-11-19(34-18(17)12-33-24(32)16-9-5-2-6-10-16)30-14-28-20-21(26-13-27-22(20)30)29-23(31)15-7-3-1-4-8-15/h1-10,13-14,17-19H,11-12,25H2,(H,26,27,29,31)/t17-,18-,19-/m1/s1. The molecule has 1 saturated heterocycles. The summed E-state index contributed by atoms with van der Waals surface area (Å²) in [6.45, 7) is 0.0331. The highest BCUT2D eigenvalue weighted by Gasteiger charge is 2.35. The molecule has 34 heavy (non-hydrogen) atoms. The number of rotatable bonds is 6. The van der Waals surface area contributed by atoms with Crippen molar-refractivity contribution in [3.05, 3.63) is 84.4 Å². The molecule has 10 heteroatoms. The van der Waals surface area contributed by atoms with E-state index in [-0.39, 0.29) is 18.6 Å². The first-order valence-electron chi connectivity index (χ1n) is 10.8. The zero-order chi connectivity index (χ0) is 23.5. The van der Waals surface area contributed by atoms with Crippen LogP contribution in [0.2, 0.25) is 0 Å². The number of amides is 1. The Kier molecular flexibility index (Phi) is 5.98. The SMILES string of the molecule is N[C@@H]1C[C@H](n2cnc3c(NC(=O)c4ccccc4)ncnc32)O[C@@H]1COC(=O)c1ccccc1. The quantitative estimate of drug-likeness (QED) is 0.421. The van der Waals surface area contributed by atoms with Crippen LogP contribution in [0.25, 0.3) is 11.2 Å². The predicted octanol–water partition coefficient (Wildman–Crippen LogP) is 2.55. The molecule has 3 heterocycles. The molecule has 1 fully saturated rings. The van der Waals surface area contributed by atoms with E-state index in [4.69, 9.17) is 15.2 Å². The Morgan fingerprint density at radius 1 is 1.03 bits per heavy atom. The highest BCUT2D eigenvalue weighted by Crippen LogP contribution is 2.31. The van der Waals surface area contributed by atoms with Crippen LogP contribution in [0.1, 0.15) is 33.4 Å². The van der Waals surface area contributed by atoms with E-state index in [9.17, 15) is 9.59 Å². The average molecular weight is 458 g/mol. The van der Waals surface area contributed by atoms with Gasteiger partial charge in [0, 0.05) is 18.0 Å². The number of hydrogen-bond acceptors (Lipinski definition) is 8. The Morgan fingerprint density at radius 2 is 1.74 bits per heavy atom. The first-order valence-corrected chi connectivity index (χ1v) is 10.8. The van der Waals surface area contributed by atoms with Crippen molar-refractivity contribution in [3.8, 4) is 0 Å². The highest BCUT2D eigenvalue weighted by molar-refractivity contribution is 6.06. The molecule has 0 aliphatic carbocycles. The predicted molar refractivity (Wildman–Crippen MR) is 123 cm³/mol. The van der Waals surface area contributed by atoms with Crippen LogP contribution in [0, 0.1) is 0 Å². The fourth-order valence-corrected chi connectivity index (χ4v) is 3.82. The minimum atomic E-state index is -0.478. The third-order valence-corrected chi connectivity index (χ3v) is 5.61. The lowest BCUT2D eigenvalue weighted by Gasteiger charge is -2.16. The van der Waals surface area contributed by atoms with Crippen molar-refractivity contribution in [1.29, 1.82) is 0 Å². The third kappa shape index (κ3) is 4.36. The van der Waals surface area contributed by atoms with Crippen molar-refractivity contribution in [2.24, 2.45) is 5.73 Å². The molecule has 3 atom stereocenters. The monoisotopic (exact) mass is 458 g/mol. The second-order valence-corrected chi connectivity index (χ2v) is 7.86. The minimum absolute atomic E-state index is 0.0331. The molecule has 1 amide bonds. The Bertz CT molecular complexity index is 1310. The van der Waals surface area contributed by atoms with Crippen LogP contribution in [0.4, 0.5) is 5.82 Å². The lowest BCUT2D eigenvalue weighted by molar-refractivity contribution is -0.0332. The van der Waals surface area contributed by atoms with Crippen LogP contribution in [0.15, 0.2) is 73.3 Å². The zero-order valence-corrected chi connectivity index (χ0v) is 18.1. The maximum atomic E-state index is 12.5. The van der Waals surface area contributed by atoms with Gasteiger partial charge >= 0.3 is 5.97 Å². The van der Waals surface area contributed by atoms with Gasteiger partial charge in [0.15, 0.2) is 17.0 Å². The number of ether oxygens (including phenoxy) is 2. The second-order valence-electron chi connectivity index (χ2n) is 7.86. The Hall–Kier alpha value is -4.15. The minimum Gasteiger partial charge on any atom is -0.459 e. The van der Waals surface area contributed by atoms with Gasteiger partial charge < -0.3 is 20.5 Å². The molecule has 2 aromatic heterocycles. The zero-order valence-electron chi connectivity index (χ0n) is 18.1. The highest BCUT2D eigenvalue weighted by atomic mass is 16.6. The molecule has 0 saturated carbocycles. The third-order valence-electron chi connectivity index (χ3n) is 5.61. The van der Waals surface area contributed by atoms with E-state index in [0.29, 0.717) is 34.5 Å². The van der Waals surface area contributed by atoms with Gasteiger partial charge in [-0.15, -0.1) is 0 Å². The van der Waals surface area contributed by atoms with Crippen LogP contribution >= 0.6 is 0 Å². The summed E-state index contributed by atoms with van der Waals surface area (Å²) in [4.78, 5) is 37.7. The van der Waals surface area contributed by atoms with Crippen LogP contribution < -0.4 is 11.1 Å². The largest absolute Gasteiger partial charge is 0.459 e. The topological polar surface area (TPSA) is 134 Å². The first-order chi connectivity index (χ1) is 16.6. The fraction of sp³-hybridized carbons (Fsp3) is 0.208. The number of benzene rings is 2. The molecule has 10 nitrogen and oxygen atoms in total. The summed E-state index contributed by atoms with van der Waals surface area (Å²) in [6, 6.07) is 17.2. The van der Waals surface area contributed by atoms with Gasteiger partial charge in [0.25, 0.3) is 5.91 Å².